The standard InChI is InChI=1S/C14H23O3P.C11H16/c1-7-16-18(6,15)17-13-9-8-11(2)10-12(13)14(3,4)5;1-9-6-5-7-10(8-9)11(2,3)4/h8-10H,7H2,1-6H3;5-8H,1-4H3. The van der Waals surface area contributed by atoms with Gasteiger partial charge in [0, 0.05) is 12.2 Å². The van der Waals surface area contributed by atoms with Gasteiger partial charge in [-0.3, -0.25) is 0 Å². The molecule has 4 heteroatoms. The van der Waals surface area contributed by atoms with E-state index in [1.165, 1.54) is 17.8 Å². The molecule has 0 radical (unpaired) electrons. The van der Waals surface area contributed by atoms with Crippen molar-refractivity contribution in [3.8, 4) is 5.75 Å². The molecule has 0 aromatic heterocycles. The van der Waals surface area contributed by atoms with Gasteiger partial charge in [0.15, 0.2) is 0 Å². The Bertz CT molecular complexity index is 842. The maximum atomic E-state index is 12.1. The van der Waals surface area contributed by atoms with E-state index >= 15 is 0 Å². The van der Waals surface area contributed by atoms with Crippen molar-refractivity contribution >= 4 is 7.60 Å². The van der Waals surface area contributed by atoms with Crippen molar-refractivity contribution in [2.45, 2.75) is 73.1 Å². The minimum absolute atomic E-state index is 0.0619. The summed E-state index contributed by atoms with van der Waals surface area (Å²) in [6, 6.07) is 14.6. The molecule has 29 heavy (non-hydrogen) atoms. The highest BCUT2D eigenvalue weighted by Crippen LogP contribution is 2.47. The van der Waals surface area contributed by atoms with Gasteiger partial charge in [-0.05, 0) is 43.2 Å². The van der Waals surface area contributed by atoms with Crippen molar-refractivity contribution in [3.05, 3.63) is 64.7 Å². The van der Waals surface area contributed by atoms with Crippen LogP contribution in [-0.2, 0) is 19.9 Å². The first kappa shape index (κ1) is 25.5. The topological polar surface area (TPSA) is 35.5 Å². The first-order valence-corrected chi connectivity index (χ1v) is 12.2. The number of hydrogen-bond acceptors (Lipinski definition) is 3. The van der Waals surface area contributed by atoms with E-state index in [1.807, 2.05) is 19.1 Å². The van der Waals surface area contributed by atoms with Gasteiger partial charge in [-0.2, -0.15) is 0 Å². The fraction of sp³-hybridized carbons (Fsp3) is 0.520. The molecule has 2 aromatic rings. The molecule has 3 nitrogen and oxygen atoms in total. The van der Waals surface area contributed by atoms with Gasteiger partial charge in [-0.25, -0.2) is 4.57 Å². The molecule has 1 atom stereocenters. The molecular formula is C25H39O3P. The fourth-order valence-electron chi connectivity index (χ4n) is 2.86. The Morgan fingerprint density at radius 1 is 0.862 bits per heavy atom. The average molecular weight is 419 g/mol. The maximum absolute atomic E-state index is 12.1. The summed E-state index contributed by atoms with van der Waals surface area (Å²) in [6.45, 7) is 20.9. The Labute approximate surface area is 178 Å². The van der Waals surface area contributed by atoms with Crippen LogP contribution in [0.2, 0.25) is 0 Å². The molecule has 2 aromatic carbocycles. The van der Waals surface area contributed by atoms with Gasteiger partial charge in [0.1, 0.15) is 5.75 Å². The van der Waals surface area contributed by atoms with Crippen molar-refractivity contribution < 1.29 is 13.6 Å². The summed E-state index contributed by atoms with van der Waals surface area (Å²) < 4.78 is 22.9. The van der Waals surface area contributed by atoms with Crippen LogP contribution >= 0.6 is 7.60 Å². The lowest BCUT2D eigenvalue weighted by atomic mass is 9.85. The monoisotopic (exact) mass is 418 g/mol. The lowest BCUT2D eigenvalue weighted by Gasteiger charge is -2.25. The first-order valence-electron chi connectivity index (χ1n) is 10.3. The summed E-state index contributed by atoms with van der Waals surface area (Å²) in [5.74, 6) is 0.646. The van der Waals surface area contributed by atoms with E-state index in [0.717, 1.165) is 11.1 Å². The van der Waals surface area contributed by atoms with Crippen molar-refractivity contribution in [1.29, 1.82) is 0 Å². The lowest BCUT2D eigenvalue weighted by Crippen LogP contribution is -2.13. The van der Waals surface area contributed by atoms with E-state index in [4.69, 9.17) is 9.05 Å². The third kappa shape index (κ3) is 8.76. The van der Waals surface area contributed by atoms with Crippen LogP contribution in [0, 0.1) is 13.8 Å². The van der Waals surface area contributed by atoms with Crippen LogP contribution in [0.1, 0.15) is 70.7 Å². The molecule has 1 unspecified atom stereocenters. The summed E-state index contributed by atoms with van der Waals surface area (Å²) in [7, 11) is -3.03. The predicted octanol–water partition coefficient (Wildman–Crippen LogP) is 7.82. The largest absolute Gasteiger partial charge is 0.424 e. The third-order valence-corrected chi connectivity index (χ3v) is 5.71. The number of benzene rings is 2. The molecule has 0 heterocycles. The molecule has 0 bridgehead atoms. The van der Waals surface area contributed by atoms with Crippen LogP contribution in [0.5, 0.6) is 5.75 Å². The predicted molar refractivity (Wildman–Crippen MR) is 126 cm³/mol. The number of rotatable bonds is 4. The van der Waals surface area contributed by atoms with Gasteiger partial charge in [0.05, 0.1) is 6.61 Å². The zero-order valence-corrected chi connectivity index (χ0v) is 20.8. The molecule has 162 valence electrons. The van der Waals surface area contributed by atoms with Gasteiger partial charge < -0.3 is 9.05 Å². The number of hydrogen-bond donors (Lipinski definition) is 0. The van der Waals surface area contributed by atoms with Crippen LogP contribution < -0.4 is 4.52 Å². The second-order valence-corrected chi connectivity index (χ2v) is 11.6. The zero-order valence-electron chi connectivity index (χ0n) is 19.9. The Morgan fingerprint density at radius 2 is 1.45 bits per heavy atom. The van der Waals surface area contributed by atoms with E-state index in [1.54, 1.807) is 6.92 Å². The molecule has 0 aliphatic carbocycles. The maximum Gasteiger partial charge on any atom is 0.376 e. The summed E-state index contributed by atoms with van der Waals surface area (Å²) >= 11 is 0. The van der Waals surface area contributed by atoms with Crippen LogP contribution in [0.25, 0.3) is 0 Å². The Balaban J connectivity index is 0.000000326. The third-order valence-electron chi connectivity index (χ3n) is 4.45. The highest BCUT2D eigenvalue weighted by atomic mass is 31.2. The van der Waals surface area contributed by atoms with Crippen molar-refractivity contribution in [2.75, 3.05) is 13.3 Å². The number of aryl methyl sites for hydroxylation is 2. The Hall–Kier alpha value is -1.57. The van der Waals surface area contributed by atoms with Crippen molar-refractivity contribution in [3.63, 3.8) is 0 Å². The summed E-state index contributed by atoms with van der Waals surface area (Å²) in [5, 5.41) is 0. The van der Waals surface area contributed by atoms with Crippen LogP contribution in [0.15, 0.2) is 42.5 Å². The zero-order chi connectivity index (χ0) is 22.5. The van der Waals surface area contributed by atoms with E-state index in [0.29, 0.717) is 12.4 Å². The second-order valence-electron chi connectivity index (χ2n) is 9.65. The quantitative estimate of drug-likeness (QED) is 0.475. The van der Waals surface area contributed by atoms with Crippen LogP contribution in [0.4, 0.5) is 0 Å². The van der Waals surface area contributed by atoms with Gasteiger partial charge >= 0.3 is 7.60 Å². The minimum Gasteiger partial charge on any atom is -0.424 e. The second kappa shape index (κ2) is 9.96. The molecule has 0 spiro atoms. The highest BCUT2D eigenvalue weighted by molar-refractivity contribution is 7.53. The Kier molecular flexibility index (Phi) is 8.74. The first-order chi connectivity index (χ1) is 13.2. The summed E-state index contributed by atoms with van der Waals surface area (Å²) in [4.78, 5) is 0. The van der Waals surface area contributed by atoms with E-state index < -0.39 is 7.60 Å². The smallest absolute Gasteiger partial charge is 0.376 e. The Morgan fingerprint density at radius 3 is 1.90 bits per heavy atom. The van der Waals surface area contributed by atoms with E-state index in [2.05, 4.69) is 78.8 Å². The van der Waals surface area contributed by atoms with Crippen molar-refractivity contribution in [2.24, 2.45) is 0 Å². The van der Waals surface area contributed by atoms with E-state index in [-0.39, 0.29) is 10.8 Å². The molecule has 0 fully saturated rings. The van der Waals surface area contributed by atoms with Gasteiger partial charge in [-0.1, -0.05) is 89.1 Å². The van der Waals surface area contributed by atoms with Gasteiger partial charge in [-0.15, -0.1) is 0 Å². The normalized spacial score (nSPS) is 13.9. The highest BCUT2D eigenvalue weighted by Gasteiger charge is 2.24. The van der Waals surface area contributed by atoms with Crippen molar-refractivity contribution in [1.82, 2.24) is 0 Å². The molecule has 0 aliphatic heterocycles. The molecule has 0 amide bonds. The lowest BCUT2D eigenvalue weighted by molar-refractivity contribution is 0.283. The average Bonchev–Trinajstić information content (AvgIpc) is 2.55. The van der Waals surface area contributed by atoms with Crippen LogP contribution in [0.3, 0.4) is 0 Å². The molecular weight excluding hydrogens is 379 g/mol. The van der Waals surface area contributed by atoms with E-state index in [9.17, 15) is 4.57 Å². The molecule has 0 aliphatic rings. The summed E-state index contributed by atoms with van der Waals surface area (Å²) in [5.41, 5.74) is 5.19. The van der Waals surface area contributed by atoms with Gasteiger partial charge in [0.25, 0.3) is 0 Å². The molecule has 0 saturated carbocycles. The van der Waals surface area contributed by atoms with Gasteiger partial charge in [0.2, 0.25) is 0 Å². The molecule has 0 N–H and O–H groups in total. The minimum atomic E-state index is -3.03. The van der Waals surface area contributed by atoms with Crippen LogP contribution in [-0.4, -0.2) is 13.3 Å². The SMILES string of the molecule is CCOP(C)(=O)Oc1ccc(C)cc1C(C)(C)C.Cc1cccc(C(C)(C)C)c1. The summed E-state index contributed by atoms with van der Waals surface area (Å²) in [6.07, 6.45) is 0. The molecule has 0 saturated heterocycles. The molecule has 2 rings (SSSR count). The fourth-order valence-corrected chi connectivity index (χ4v) is 3.90.